The van der Waals surface area contributed by atoms with Crippen molar-refractivity contribution in [3.8, 4) is 0 Å². The van der Waals surface area contributed by atoms with Gasteiger partial charge < -0.3 is 5.11 Å². The Balaban J connectivity index is 1.97. The molecule has 1 heterocycles. The van der Waals surface area contributed by atoms with E-state index in [1.54, 1.807) is 36.4 Å². The third-order valence-corrected chi connectivity index (χ3v) is 5.20. The summed E-state index contributed by atoms with van der Waals surface area (Å²) in [6.07, 6.45) is 0.958. The highest BCUT2D eigenvalue weighted by Crippen LogP contribution is 2.37. The molecule has 142 valence electrons. The zero-order chi connectivity index (χ0) is 19.8. The molecule has 0 aliphatic carbocycles. The fraction of sp³-hybridized carbons (Fsp3) is 0.364. The van der Waals surface area contributed by atoms with Crippen LogP contribution in [0.3, 0.4) is 0 Å². The van der Waals surface area contributed by atoms with E-state index in [1.165, 1.54) is 5.01 Å². The van der Waals surface area contributed by atoms with Crippen molar-refractivity contribution in [1.29, 1.82) is 0 Å². The second-order valence-electron chi connectivity index (χ2n) is 7.96. The molecule has 4 nitrogen and oxygen atoms in total. The van der Waals surface area contributed by atoms with Crippen LogP contribution >= 0.6 is 11.6 Å². The first-order valence-electron chi connectivity index (χ1n) is 9.15. The van der Waals surface area contributed by atoms with Crippen LogP contribution in [0.25, 0.3) is 0 Å². The van der Waals surface area contributed by atoms with Gasteiger partial charge in [-0.2, -0.15) is 10.1 Å². The van der Waals surface area contributed by atoms with Crippen molar-refractivity contribution in [2.24, 2.45) is 5.10 Å². The minimum atomic E-state index is -1.50. The Hall–Kier alpha value is -2.17. The van der Waals surface area contributed by atoms with Gasteiger partial charge in [0.1, 0.15) is 0 Å². The van der Waals surface area contributed by atoms with E-state index in [1.807, 2.05) is 19.1 Å². The number of carbonyl (C=O) groups is 1. The van der Waals surface area contributed by atoms with Gasteiger partial charge in [-0.1, -0.05) is 63.6 Å². The molecule has 2 aromatic rings. The highest BCUT2D eigenvalue weighted by Gasteiger charge is 2.45. The summed E-state index contributed by atoms with van der Waals surface area (Å²) in [6.45, 7) is 8.34. The molecule has 0 bridgehead atoms. The molecule has 0 saturated heterocycles. The normalized spacial score (nSPS) is 19.9. The fourth-order valence-electron chi connectivity index (χ4n) is 3.20. The molecule has 0 spiro atoms. The molecule has 27 heavy (non-hydrogen) atoms. The maximum atomic E-state index is 13.2. The lowest BCUT2D eigenvalue weighted by atomic mass is 9.86. The topological polar surface area (TPSA) is 52.9 Å². The minimum absolute atomic E-state index is 0.00674. The molecule has 1 aliphatic heterocycles. The van der Waals surface area contributed by atoms with Crippen LogP contribution in [-0.2, 0) is 11.1 Å². The number of hydrogen-bond acceptors (Lipinski definition) is 3. The number of benzene rings is 2. The van der Waals surface area contributed by atoms with Crippen LogP contribution in [0.1, 0.15) is 62.0 Å². The van der Waals surface area contributed by atoms with Gasteiger partial charge in [0.05, 0.1) is 0 Å². The molecule has 1 N–H and O–H groups in total. The first-order chi connectivity index (χ1) is 12.6. The van der Waals surface area contributed by atoms with Crippen LogP contribution in [0.5, 0.6) is 0 Å². The summed E-state index contributed by atoms with van der Waals surface area (Å²) in [4.78, 5) is 13.2. The molecule has 0 fully saturated rings. The molecule has 2 aromatic carbocycles. The summed E-state index contributed by atoms with van der Waals surface area (Å²) in [7, 11) is 0. The Labute approximate surface area is 165 Å². The van der Waals surface area contributed by atoms with Crippen molar-refractivity contribution in [2.45, 2.75) is 51.7 Å². The van der Waals surface area contributed by atoms with Crippen molar-refractivity contribution in [2.75, 3.05) is 0 Å². The fourth-order valence-corrected chi connectivity index (χ4v) is 3.33. The molecule has 0 unspecified atom stereocenters. The van der Waals surface area contributed by atoms with Gasteiger partial charge >= 0.3 is 0 Å². The molecular weight excluding hydrogens is 360 g/mol. The van der Waals surface area contributed by atoms with Crippen LogP contribution in [0.15, 0.2) is 53.6 Å². The van der Waals surface area contributed by atoms with Gasteiger partial charge in [0.15, 0.2) is 5.72 Å². The van der Waals surface area contributed by atoms with E-state index in [4.69, 9.17) is 11.6 Å². The predicted molar refractivity (Wildman–Crippen MR) is 109 cm³/mol. The van der Waals surface area contributed by atoms with Gasteiger partial charge in [0.25, 0.3) is 5.91 Å². The number of halogens is 1. The highest BCUT2D eigenvalue weighted by atomic mass is 35.5. The number of hydrazone groups is 1. The average Bonchev–Trinajstić information content (AvgIpc) is 2.99. The first kappa shape index (κ1) is 19.6. The standard InChI is InChI=1S/C22H25ClN2O2/c1-5-19-14-22(27,17-10-12-18(23)13-11-17)25(24-19)20(26)15-6-8-16(9-7-15)21(2,3)4/h6-13,27H,5,14H2,1-4H3/t22-/m1/s1. The first-order valence-corrected chi connectivity index (χ1v) is 9.53. The molecule has 1 aliphatic rings. The number of amides is 1. The number of nitrogens with zero attached hydrogens (tertiary/aromatic N) is 2. The maximum absolute atomic E-state index is 13.2. The third kappa shape index (κ3) is 3.78. The van der Waals surface area contributed by atoms with Crippen LogP contribution < -0.4 is 0 Å². The van der Waals surface area contributed by atoms with Crippen LogP contribution in [0.4, 0.5) is 0 Å². The van der Waals surface area contributed by atoms with E-state index >= 15 is 0 Å². The molecule has 3 rings (SSSR count). The zero-order valence-electron chi connectivity index (χ0n) is 16.2. The molecule has 0 radical (unpaired) electrons. The Morgan fingerprint density at radius 1 is 1.15 bits per heavy atom. The van der Waals surface area contributed by atoms with Crippen LogP contribution in [0, 0.1) is 0 Å². The summed E-state index contributed by atoms with van der Waals surface area (Å²) in [6, 6.07) is 14.4. The summed E-state index contributed by atoms with van der Waals surface area (Å²) in [5.74, 6) is -0.323. The van der Waals surface area contributed by atoms with Crippen molar-refractivity contribution in [3.05, 3.63) is 70.2 Å². The van der Waals surface area contributed by atoms with Gasteiger partial charge in [-0.15, -0.1) is 0 Å². The molecule has 1 amide bonds. The smallest absolute Gasteiger partial charge is 0.276 e. The van der Waals surface area contributed by atoms with E-state index in [-0.39, 0.29) is 17.7 Å². The van der Waals surface area contributed by atoms with Gasteiger partial charge in [-0.05, 0) is 41.7 Å². The van der Waals surface area contributed by atoms with E-state index < -0.39 is 5.72 Å². The zero-order valence-corrected chi connectivity index (χ0v) is 16.9. The maximum Gasteiger partial charge on any atom is 0.276 e. The average molecular weight is 385 g/mol. The molecule has 0 aromatic heterocycles. The Kier molecular flexibility index (Phi) is 5.15. The van der Waals surface area contributed by atoms with Gasteiger partial charge in [-0.25, -0.2) is 0 Å². The number of rotatable bonds is 3. The van der Waals surface area contributed by atoms with E-state index in [2.05, 4.69) is 25.9 Å². The summed E-state index contributed by atoms with van der Waals surface area (Å²) in [5.41, 5.74) is 1.52. The molecular formula is C22H25ClN2O2. The SMILES string of the molecule is CCC1=NN(C(=O)c2ccc(C(C)(C)C)cc2)[C@](O)(c2ccc(Cl)cc2)C1. The largest absolute Gasteiger partial charge is 0.365 e. The summed E-state index contributed by atoms with van der Waals surface area (Å²) < 4.78 is 0. The second-order valence-corrected chi connectivity index (χ2v) is 8.40. The molecule has 5 heteroatoms. The van der Waals surface area contributed by atoms with Crippen molar-refractivity contribution in [1.82, 2.24) is 5.01 Å². The van der Waals surface area contributed by atoms with Gasteiger partial charge in [0, 0.05) is 28.3 Å². The van der Waals surface area contributed by atoms with E-state index in [0.29, 0.717) is 22.6 Å². The summed E-state index contributed by atoms with van der Waals surface area (Å²) >= 11 is 5.98. The van der Waals surface area contributed by atoms with Crippen molar-refractivity contribution in [3.63, 3.8) is 0 Å². The third-order valence-electron chi connectivity index (χ3n) is 4.95. The number of carbonyl (C=O) groups excluding carboxylic acids is 1. The molecule has 1 atom stereocenters. The lowest BCUT2D eigenvalue weighted by Crippen LogP contribution is -2.43. The van der Waals surface area contributed by atoms with Crippen molar-refractivity contribution < 1.29 is 9.90 Å². The Morgan fingerprint density at radius 3 is 2.26 bits per heavy atom. The quantitative estimate of drug-likeness (QED) is 0.800. The Morgan fingerprint density at radius 2 is 1.74 bits per heavy atom. The Bertz CT molecular complexity index is 867. The lowest BCUT2D eigenvalue weighted by Gasteiger charge is -2.31. The molecule has 0 saturated carbocycles. The summed E-state index contributed by atoms with van der Waals surface area (Å²) in [5, 5.41) is 17.6. The van der Waals surface area contributed by atoms with Crippen molar-refractivity contribution >= 4 is 23.2 Å². The van der Waals surface area contributed by atoms with E-state index in [0.717, 1.165) is 11.3 Å². The lowest BCUT2D eigenvalue weighted by molar-refractivity contribution is -0.0765. The van der Waals surface area contributed by atoms with Crippen LogP contribution in [-0.4, -0.2) is 21.7 Å². The number of aliphatic hydroxyl groups is 1. The number of hydrogen-bond donors (Lipinski definition) is 1. The van der Waals surface area contributed by atoms with E-state index in [9.17, 15) is 9.90 Å². The monoisotopic (exact) mass is 384 g/mol. The highest BCUT2D eigenvalue weighted by molar-refractivity contribution is 6.30. The van der Waals surface area contributed by atoms with Gasteiger partial charge in [-0.3, -0.25) is 4.79 Å². The second kappa shape index (κ2) is 7.10. The predicted octanol–water partition coefficient (Wildman–Crippen LogP) is 5.09. The van der Waals surface area contributed by atoms with Crippen LogP contribution in [0.2, 0.25) is 5.02 Å². The van der Waals surface area contributed by atoms with Gasteiger partial charge in [0.2, 0.25) is 0 Å². The minimum Gasteiger partial charge on any atom is -0.365 e.